The average Bonchev–Trinajstić information content (AvgIpc) is 2.37. The van der Waals surface area contributed by atoms with E-state index in [1.54, 1.807) is 31.3 Å². The number of hydrogen-bond donors (Lipinski definition) is 0. The highest BCUT2D eigenvalue weighted by Gasteiger charge is 2.17. The van der Waals surface area contributed by atoms with Gasteiger partial charge in [-0.25, -0.2) is 4.79 Å². The van der Waals surface area contributed by atoms with E-state index in [1.807, 2.05) is 6.92 Å². The summed E-state index contributed by atoms with van der Waals surface area (Å²) in [5.41, 5.74) is 0.986. The molecule has 0 aliphatic rings. The fraction of sp³-hybridized carbons (Fsp3) is 0.385. The molecule has 0 aliphatic carbocycles. The quantitative estimate of drug-likeness (QED) is 0.752. The number of amides is 1. The smallest absolute Gasteiger partial charge is 0.339 e. The van der Waals surface area contributed by atoms with E-state index in [1.165, 1.54) is 12.0 Å². The maximum Gasteiger partial charge on any atom is 0.339 e. The summed E-state index contributed by atoms with van der Waals surface area (Å²) in [5, 5.41) is 0. The van der Waals surface area contributed by atoms with Gasteiger partial charge in [0.15, 0.2) is 0 Å². The van der Waals surface area contributed by atoms with Gasteiger partial charge >= 0.3 is 5.97 Å². The van der Waals surface area contributed by atoms with E-state index in [0.717, 1.165) is 6.42 Å². The number of anilines is 1. The molecule has 0 fully saturated rings. The lowest BCUT2D eigenvalue weighted by Crippen LogP contribution is -2.27. The van der Waals surface area contributed by atoms with Gasteiger partial charge in [0.2, 0.25) is 5.91 Å². The van der Waals surface area contributed by atoms with E-state index < -0.39 is 5.97 Å². The summed E-state index contributed by atoms with van der Waals surface area (Å²) in [6, 6.07) is 6.92. The van der Waals surface area contributed by atoms with E-state index in [-0.39, 0.29) is 5.91 Å². The van der Waals surface area contributed by atoms with Crippen LogP contribution in [0.2, 0.25) is 0 Å². The van der Waals surface area contributed by atoms with Crippen molar-refractivity contribution >= 4 is 17.6 Å². The van der Waals surface area contributed by atoms with Crippen molar-refractivity contribution in [3.63, 3.8) is 0 Å². The number of nitrogens with zero attached hydrogens (tertiary/aromatic N) is 1. The average molecular weight is 235 g/mol. The number of hydrogen-bond acceptors (Lipinski definition) is 3. The van der Waals surface area contributed by atoms with Crippen LogP contribution in [-0.4, -0.2) is 26.0 Å². The Kier molecular flexibility index (Phi) is 4.69. The highest BCUT2D eigenvalue weighted by Crippen LogP contribution is 2.20. The van der Waals surface area contributed by atoms with Crippen LogP contribution in [0.5, 0.6) is 0 Å². The van der Waals surface area contributed by atoms with Gasteiger partial charge in [0.25, 0.3) is 0 Å². The second-order valence-corrected chi connectivity index (χ2v) is 3.71. The van der Waals surface area contributed by atoms with Crippen molar-refractivity contribution < 1.29 is 14.3 Å². The fourth-order valence-corrected chi connectivity index (χ4v) is 1.56. The van der Waals surface area contributed by atoms with Crippen LogP contribution in [0.15, 0.2) is 24.3 Å². The Balaban J connectivity index is 3.04. The maximum absolute atomic E-state index is 11.8. The van der Waals surface area contributed by atoms with Crippen molar-refractivity contribution in [1.82, 2.24) is 0 Å². The van der Waals surface area contributed by atoms with E-state index in [0.29, 0.717) is 17.7 Å². The number of methoxy groups -OCH3 is 1. The lowest BCUT2D eigenvalue weighted by molar-refractivity contribution is -0.118. The van der Waals surface area contributed by atoms with E-state index in [4.69, 9.17) is 0 Å². The predicted octanol–water partition coefficient (Wildman–Crippen LogP) is 2.24. The third kappa shape index (κ3) is 3.06. The van der Waals surface area contributed by atoms with Gasteiger partial charge in [-0.1, -0.05) is 19.1 Å². The van der Waals surface area contributed by atoms with Crippen LogP contribution < -0.4 is 4.90 Å². The Hall–Kier alpha value is -1.84. The monoisotopic (exact) mass is 235 g/mol. The lowest BCUT2D eigenvalue weighted by atomic mass is 10.1. The van der Waals surface area contributed by atoms with Gasteiger partial charge in [0.05, 0.1) is 18.4 Å². The second-order valence-electron chi connectivity index (χ2n) is 3.71. The summed E-state index contributed by atoms with van der Waals surface area (Å²) < 4.78 is 4.69. The molecule has 1 aromatic rings. The minimum absolute atomic E-state index is 0.0103. The Morgan fingerprint density at radius 3 is 2.53 bits per heavy atom. The summed E-state index contributed by atoms with van der Waals surface area (Å²) in [4.78, 5) is 24.8. The minimum atomic E-state index is -0.434. The molecule has 0 atom stereocenters. The Morgan fingerprint density at radius 1 is 1.29 bits per heavy atom. The molecule has 1 rings (SSSR count). The molecule has 1 amide bonds. The van der Waals surface area contributed by atoms with Crippen LogP contribution in [0.1, 0.15) is 30.1 Å². The van der Waals surface area contributed by atoms with Gasteiger partial charge in [-0.2, -0.15) is 0 Å². The van der Waals surface area contributed by atoms with E-state index in [2.05, 4.69) is 4.74 Å². The number of carbonyl (C=O) groups is 2. The number of para-hydroxylation sites is 1. The summed E-state index contributed by atoms with van der Waals surface area (Å²) in [6.07, 6.45) is 1.25. The van der Waals surface area contributed by atoms with Crippen LogP contribution in [0.25, 0.3) is 0 Å². The number of carbonyl (C=O) groups excluding carboxylic acids is 2. The number of esters is 1. The van der Waals surface area contributed by atoms with Crippen molar-refractivity contribution in [2.24, 2.45) is 0 Å². The minimum Gasteiger partial charge on any atom is -0.465 e. The topological polar surface area (TPSA) is 46.6 Å². The molecule has 0 saturated carbocycles. The molecular formula is C13H17NO3. The van der Waals surface area contributed by atoms with Crippen LogP contribution in [-0.2, 0) is 9.53 Å². The van der Waals surface area contributed by atoms with Crippen molar-refractivity contribution in [3.05, 3.63) is 29.8 Å². The zero-order valence-electron chi connectivity index (χ0n) is 10.4. The zero-order chi connectivity index (χ0) is 12.8. The summed E-state index contributed by atoms with van der Waals surface area (Å²) in [7, 11) is 2.99. The summed E-state index contributed by atoms with van der Waals surface area (Å²) in [6.45, 7) is 1.94. The first-order valence-corrected chi connectivity index (χ1v) is 5.55. The van der Waals surface area contributed by atoms with Crippen molar-refractivity contribution in [2.75, 3.05) is 19.1 Å². The SMILES string of the molecule is CCCC(=O)N(C)c1ccccc1C(=O)OC. The molecular weight excluding hydrogens is 218 g/mol. The molecule has 0 aromatic heterocycles. The zero-order valence-corrected chi connectivity index (χ0v) is 10.4. The lowest BCUT2D eigenvalue weighted by Gasteiger charge is -2.19. The molecule has 0 saturated heterocycles. The Labute approximate surface area is 101 Å². The molecule has 0 radical (unpaired) electrons. The molecule has 1 aromatic carbocycles. The molecule has 17 heavy (non-hydrogen) atoms. The first kappa shape index (κ1) is 13.2. The Morgan fingerprint density at radius 2 is 1.94 bits per heavy atom. The molecule has 0 unspecified atom stereocenters. The standard InChI is InChI=1S/C13H17NO3/c1-4-7-12(15)14(2)11-9-6-5-8-10(11)13(16)17-3/h5-6,8-9H,4,7H2,1-3H3. The highest BCUT2D eigenvalue weighted by molar-refractivity contribution is 6.02. The number of rotatable bonds is 4. The maximum atomic E-state index is 11.8. The second kappa shape index (κ2) is 6.03. The number of ether oxygens (including phenoxy) is 1. The van der Waals surface area contributed by atoms with Gasteiger partial charge in [0.1, 0.15) is 0 Å². The third-order valence-corrected chi connectivity index (χ3v) is 2.51. The third-order valence-electron chi connectivity index (χ3n) is 2.51. The van der Waals surface area contributed by atoms with Crippen molar-refractivity contribution in [3.8, 4) is 0 Å². The van der Waals surface area contributed by atoms with Gasteiger partial charge < -0.3 is 9.64 Å². The molecule has 92 valence electrons. The molecule has 0 heterocycles. The molecule has 0 spiro atoms. The first-order valence-electron chi connectivity index (χ1n) is 5.55. The Bertz CT molecular complexity index is 415. The van der Waals surface area contributed by atoms with Gasteiger partial charge in [0, 0.05) is 13.5 Å². The van der Waals surface area contributed by atoms with Crippen LogP contribution in [0.3, 0.4) is 0 Å². The molecule has 4 heteroatoms. The molecule has 4 nitrogen and oxygen atoms in total. The highest BCUT2D eigenvalue weighted by atomic mass is 16.5. The van der Waals surface area contributed by atoms with E-state index >= 15 is 0 Å². The largest absolute Gasteiger partial charge is 0.465 e. The van der Waals surface area contributed by atoms with Gasteiger partial charge in [-0.05, 0) is 18.6 Å². The van der Waals surface area contributed by atoms with Gasteiger partial charge in [-0.15, -0.1) is 0 Å². The summed E-state index contributed by atoms with van der Waals surface area (Å²) >= 11 is 0. The number of benzene rings is 1. The van der Waals surface area contributed by atoms with Crippen LogP contribution in [0.4, 0.5) is 5.69 Å². The van der Waals surface area contributed by atoms with Gasteiger partial charge in [-0.3, -0.25) is 4.79 Å². The van der Waals surface area contributed by atoms with E-state index in [9.17, 15) is 9.59 Å². The molecule has 0 aliphatic heterocycles. The summed E-state index contributed by atoms with van der Waals surface area (Å²) in [5.74, 6) is -0.444. The first-order chi connectivity index (χ1) is 8.11. The molecule has 0 N–H and O–H groups in total. The van der Waals surface area contributed by atoms with Crippen LogP contribution >= 0.6 is 0 Å². The molecule has 0 bridgehead atoms. The fourth-order valence-electron chi connectivity index (χ4n) is 1.56. The van der Waals surface area contributed by atoms with Crippen molar-refractivity contribution in [1.29, 1.82) is 0 Å². The van der Waals surface area contributed by atoms with Crippen LogP contribution in [0, 0.1) is 0 Å². The normalized spacial score (nSPS) is 9.82. The van der Waals surface area contributed by atoms with Crippen molar-refractivity contribution in [2.45, 2.75) is 19.8 Å². The predicted molar refractivity (Wildman–Crippen MR) is 66.1 cm³/mol.